The van der Waals surface area contributed by atoms with Gasteiger partial charge in [-0.25, -0.2) is 4.21 Å². The number of rotatable bonds is 3. The second-order valence-electron chi connectivity index (χ2n) is 5.50. The molecule has 1 amide bonds. The third-order valence-electron chi connectivity index (χ3n) is 3.85. The van der Waals surface area contributed by atoms with E-state index >= 15 is 0 Å². The van der Waals surface area contributed by atoms with Gasteiger partial charge in [-0.1, -0.05) is 36.4 Å². The van der Waals surface area contributed by atoms with Crippen LogP contribution in [0.5, 0.6) is 0 Å². The summed E-state index contributed by atoms with van der Waals surface area (Å²) in [6.45, 7) is 1.04. The number of carbonyl (C=O) groups is 1. The van der Waals surface area contributed by atoms with Crippen LogP contribution >= 0.6 is 0 Å². The summed E-state index contributed by atoms with van der Waals surface area (Å²) in [5.74, 6) is -0.626. The van der Waals surface area contributed by atoms with Crippen LogP contribution in [0.4, 0.5) is 0 Å². The molecule has 0 N–H and O–H groups in total. The zero-order valence-electron chi connectivity index (χ0n) is 12.8. The summed E-state index contributed by atoms with van der Waals surface area (Å²) in [7, 11) is -2.98. The lowest BCUT2D eigenvalue weighted by atomic mass is 10.0. The van der Waals surface area contributed by atoms with Gasteiger partial charge in [-0.3, -0.25) is 4.79 Å². The maximum atomic E-state index is 13.6. The molecule has 0 bridgehead atoms. The van der Waals surface area contributed by atoms with Gasteiger partial charge in [0.15, 0.2) is 0 Å². The Morgan fingerprint density at radius 1 is 1.00 bits per heavy atom. The summed E-state index contributed by atoms with van der Waals surface area (Å²) in [5, 5.41) is 0. The van der Waals surface area contributed by atoms with Gasteiger partial charge in [0.05, 0.1) is 22.3 Å². The molecule has 0 saturated carbocycles. The monoisotopic (exact) mass is 329 g/mol. The Hall–Kier alpha value is -1.98. The molecule has 23 heavy (non-hydrogen) atoms. The Morgan fingerprint density at radius 2 is 1.57 bits per heavy atom. The lowest BCUT2D eigenvalue weighted by Crippen LogP contribution is -2.25. The Morgan fingerprint density at radius 3 is 2.04 bits per heavy atom. The number of nitrogens with zero attached hydrogens (tertiary/aromatic N) is 1. The van der Waals surface area contributed by atoms with E-state index in [-0.39, 0.29) is 11.8 Å². The van der Waals surface area contributed by atoms with Crippen LogP contribution in [0.2, 0.25) is 0 Å². The van der Waals surface area contributed by atoms with Gasteiger partial charge in [0.25, 0.3) is 5.91 Å². The maximum absolute atomic E-state index is 13.6. The molecule has 2 aromatic carbocycles. The molecule has 1 aliphatic heterocycles. The molecule has 0 aliphatic carbocycles. The van der Waals surface area contributed by atoms with Crippen molar-refractivity contribution in [1.82, 2.24) is 0 Å². The van der Waals surface area contributed by atoms with Crippen LogP contribution in [-0.4, -0.2) is 23.3 Å². The third kappa shape index (κ3) is 3.51. The molecule has 1 atom stereocenters. The molecule has 1 fully saturated rings. The van der Waals surface area contributed by atoms with Crippen LogP contribution in [-0.2, 0) is 19.3 Å². The second-order valence-corrected chi connectivity index (χ2v) is 7.67. The highest BCUT2D eigenvalue weighted by Crippen LogP contribution is 2.25. The molecular formula is C18H19NO3S. The quantitative estimate of drug-likeness (QED) is 0.865. The standard InChI is InChI=1S/C18H19NO3S/c20-18(15-8-7-13-22-14-15)19-23(21,16-9-3-1-4-10-16)17-11-5-2-6-12-17/h1-6,9-12,15H,7-8,13-14H2. The highest BCUT2D eigenvalue weighted by molar-refractivity contribution is 7.94. The van der Waals surface area contributed by atoms with Crippen LogP contribution in [0.15, 0.2) is 74.8 Å². The van der Waals surface area contributed by atoms with E-state index < -0.39 is 9.73 Å². The summed E-state index contributed by atoms with van der Waals surface area (Å²) < 4.78 is 23.2. The first-order chi connectivity index (χ1) is 11.2. The molecule has 120 valence electrons. The van der Waals surface area contributed by atoms with E-state index in [0.717, 1.165) is 12.8 Å². The fourth-order valence-electron chi connectivity index (χ4n) is 2.59. The molecule has 0 aromatic heterocycles. The van der Waals surface area contributed by atoms with Gasteiger partial charge in [0, 0.05) is 6.61 Å². The Labute approximate surface area is 136 Å². The van der Waals surface area contributed by atoms with E-state index in [1.165, 1.54) is 0 Å². The van der Waals surface area contributed by atoms with Gasteiger partial charge in [0.1, 0.15) is 9.73 Å². The summed E-state index contributed by atoms with van der Waals surface area (Å²) >= 11 is 0. The Balaban J connectivity index is 2.07. The summed E-state index contributed by atoms with van der Waals surface area (Å²) in [6.07, 6.45) is 1.57. The largest absolute Gasteiger partial charge is 0.381 e. The van der Waals surface area contributed by atoms with Crippen molar-refractivity contribution >= 4 is 15.6 Å². The van der Waals surface area contributed by atoms with Gasteiger partial charge in [-0.15, -0.1) is 0 Å². The zero-order valence-corrected chi connectivity index (χ0v) is 13.6. The van der Waals surface area contributed by atoms with E-state index in [2.05, 4.69) is 4.36 Å². The molecule has 3 rings (SSSR count). The zero-order chi connectivity index (χ0) is 16.1. The Bertz CT molecular complexity index is 729. The van der Waals surface area contributed by atoms with E-state index in [0.29, 0.717) is 23.0 Å². The maximum Gasteiger partial charge on any atom is 0.259 e. The number of ether oxygens (including phenoxy) is 1. The number of benzene rings is 2. The van der Waals surface area contributed by atoms with E-state index in [9.17, 15) is 9.00 Å². The van der Waals surface area contributed by atoms with E-state index in [4.69, 9.17) is 4.74 Å². The fourth-order valence-corrected chi connectivity index (χ4v) is 4.53. The lowest BCUT2D eigenvalue weighted by Gasteiger charge is -2.19. The van der Waals surface area contributed by atoms with Crippen molar-refractivity contribution in [2.45, 2.75) is 22.6 Å². The summed E-state index contributed by atoms with van der Waals surface area (Å²) in [5.41, 5.74) is 0. The van der Waals surface area contributed by atoms with Gasteiger partial charge >= 0.3 is 0 Å². The van der Waals surface area contributed by atoms with E-state index in [1.54, 1.807) is 24.3 Å². The molecule has 1 unspecified atom stereocenters. The van der Waals surface area contributed by atoms with Gasteiger partial charge in [0.2, 0.25) is 0 Å². The number of amides is 1. The first-order valence-corrected chi connectivity index (χ1v) is 9.20. The minimum absolute atomic E-state index is 0.294. The number of carbonyl (C=O) groups excluding carboxylic acids is 1. The SMILES string of the molecule is O=C(N=S(=O)(c1ccccc1)c1ccccc1)C1CCCOC1. The highest BCUT2D eigenvalue weighted by atomic mass is 32.2. The van der Waals surface area contributed by atoms with E-state index in [1.807, 2.05) is 36.4 Å². The molecule has 0 radical (unpaired) electrons. The number of hydrogen-bond acceptors (Lipinski definition) is 3. The summed E-state index contributed by atoms with van der Waals surface area (Å²) in [6, 6.07) is 17.9. The fraction of sp³-hybridized carbons (Fsp3) is 0.278. The molecule has 1 heterocycles. The lowest BCUT2D eigenvalue weighted by molar-refractivity contribution is -0.125. The molecule has 0 spiro atoms. The van der Waals surface area contributed by atoms with Crippen molar-refractivity contribution in [3.8, 4) is 0 Å². The minimum Gasteiger partial charge on any atom is -0.381 e. The third-order valence-corrected chi connectivity index (χ3v) is 6.11. The average Bonchev–Trinajstić information content (AvgIpc) is 2.64. The van der Waals surface area contributed by atoms with Crippen molar-refractivity contribution in [1.29, 1.82) is 0 Å². The van der Waals surface area contributed by atoms with Crippen molar-refractivity contribution in [3.05, 3.63) is 60.7 Å². The van der Waals surface area contributed by atoms with Crippen LogP contribution < -0.4 is 0 Å². The molecule has 1 aliphatic rings. The first-order valence-electron chi connectivity index (χ1n) is 7.69. The van der Waals surface area contributed by atoms with Gasteiger partial charge < -0.3 is 4.74 Å². The first kappa shape index (κ1) is 15.9. The molecule has 2 aromatic rings. The highest BCUT2D eigenvalue weighted by Gasteiger charge is 2.25. The van der Waals surface area contributed by atoms with Crippen LogP contribution in [0.25, 0.3) is 0 Å². The smallest absolute Gasteiger partial charge is 0.259 e. The second kappa shape index (κ2) is 7.06. The summed E-state index contributed by atoms with van der Waals surface area (Å²) in [4.78, 5) is 13.6. The van der Waals surface area contributed by atoms with Crippen LogP contribution in [0.3, 0.4) is 0 Å². The topological polar surface area (TPSA) is 55.7 Å². The van der Waals surface area contributed by atoms with Gasteiger partial charge in [-0.2, -0.15) is 4.36 Å². The molecule has 4 nitrogen and oxygen atoms in total. The minimum atomic E-state index is -2.98. The normalized spacial score (nSPS) is 18.3. The predicted molar refractivity (Wildman–Crippen MR) is 88.5 cm³/mol. The molecule has 5 heteroatoms. The average molecular weight is 329 g/mol. The Kier molecular flexibility index (Phi) is 4.88. The van der Waals surface area contributed by atoms with Crippen molar-refractivity contribution in [3.63, 3.8) is 0 Å². The van der Waals surface area contributed by atoms with Gasteiger partial charge in [-0.05, 0) is 37.1 Å². The molecular weight excluding hydrogens is 310 g/mol. The van der Waals surface area contributed by atoms with Crippen molar-refractivity contribution < 1.29 is 13.7 Å². The number of hydrogen-bond donors (Lipinski definition) is 0. The van der Waals surface area contributed by atoms with Crippen molar-refractivity contribution in [2.75, 3.05) is 13.2 Å². The molecule has 1 saturated heterocycles. The van der Waals surface area contributed by atoms with Crippen LogP contribution in [0.1, 0.15) is 12.8 Å². The van der Waals surface area contributed by atoms with Crippen LogP contribution in [0, 0.1) is 5.92 Å². The van der Waals surface area contributed by atoms with Crippen molar-refractivity contribution in [2.24, 2.45) is 10.3 Å². The predicted octanol–water partition coefficient (Wildman–Crippen LogP) is 3.53.